The van der Waals surface area contributed by atoms with Crippen molar-refractivity contribution in [2.24, 2.45) is 10.4 Å². The predicted molar refractivity (Wildman–Crippen MR) is 48.8 cm³/mol. The Hall–Kier alpha value is -0.630. The molecule has 0 aromatic heterocycles. The molecule has 0 aliphatic carbocycles. The first-order valence-electron chi connectivity index (χ1n) is 3.82. The van der Waals surface area contributed by atoms with E-state index < -0.39 is 0 Å². The predicted octanol–water partition coefficient (Wildman–Crippen LogP) is 2.00. The molecule has 0 radical (unpaired) electrons. The number of allylic oxidation sites excluding steroid dienone is 2. The third-order valence-corrected chi connectivity index (χ3v) is 1.35. The summed E-state index contributed by atoms with van der Waals surface area (Å²) in [6, 6.07) is 0. The van der Waals surface area contributed by atoms with Gasteiger partial charge in [0.1, 0.15) is 0 Å². The second-order valence-electron chi connectivity index (χ2n) is 3.42. The summed E-state index contributed by atoms with van der Waals surface area (Å²) < 4.78 is 0. The van der Waals surface area contributed by atoms with Crippen LogP contribution in [0.4, 0.5) is 0 Å². The van der Waals surface area contributed by atoms with Crippen LogP contribution in [-0.2, 0) is 0 Å². The lowest BCUT2D eigenvalue weighted by molar-refractivity contribution is 0.361. The minimum Gasteiger partial charge on any atom is -0.391 e. The Morgan fingerprint density at radius 1 is 1.45 bits per heavy atom. The summed E-state index contributed by atoms with van der Waals surface area (Å²) in [5.41, 5.74) is 1.08. The van der Waals surface area contributed by atoms with E-state index in [1.807, 2.05) is 13.0 Å². The van der Waals surface area contributed by atoms with Gasteiger partial charge in [-0.2, -0.15) is 0 Å². The molecule has 0 aromatic rings. The van der Waals surface area contributed by atoms with Crippen LogP contribution in [0.15, 0.2) is 16.8 Å². The molecule has 0 rings (SSSR count). The highest BCUT2D eigenvalue weighted by molar-refractivity contribution is 5.60. The normalized spacial score (nSPS) is 14.5. The van der Waals surface area contributed by atoms with Crippen molar-refractivity contribution in [1.29, 1.82) is 0 Å². The fraction of sp³-hybridized carbons (Fsp3) is 0.667. The Balaban J connectivity index is 4.33. The molecule has 0 saturated heterocycles. The molecular formula is C9H17NO. The third kappa shape index (κ3) is 3.94. The lowest BCUT2D eigenvalue weighted by atomic mass is 9.92. The zero-order chi connectivity index (χ0) is 8.91. The molecule has 64 valence electrons. The van der Waals surface area contributed by atoms with Crippen LogP contribution in [0.25, 0.3) is 0 Å². The summed E-state index contributed by atoms with van der Waals surface area (Å²) in [5.74, 6) is 0. The molecule has 0 unspecified atom stereocenters. The highest BCUT2D eigenvalue weighted by Crippen LogP contribution is 2.25. The van der Waals surface area contributed by atoms with Gasteiger partial charge in [-0.25, -0.2) is 0 Å². The Labute approximate surface area is 68.7 Å². The van der Waals surface area contributed by atoms with Crippen molar-refractivity contribution in [3.05, 3.63) is 11.8 Å². The average Bonchev–Trinajstić information content (AvgIpc) is 1.87. The number of hydrogen-bond acceptors (Lipinski definition) is 2. The number of rotatable bonds is 2. The molecule has 0 aromatic carbocycles. The molecule has 0 atom stereocenters. The Bertz CT molecular complexity index is 163. The van der Waals surface area contributed by atoms with E-state index in [0.717, 1.165) is 5.70 Å². The van der Waals surface area contributed by atoms with Gasteiger partial charge in [0.05, 0.1) is 6.61 Å². The molecule has 0 aliphatic rings. The second kappa shape index (κ2) is 4.29. The van der Waals surface area contributed by atoms with Gasteiger partial charge in [0.25, 0.3) is 0 Å². The smallest absolute Gasteiger partial charge is 0.0783 e. The van der Waals surface area contributed by atoms with E-state index in [4.69, 9.17) is 5.11 Å². The van der Waals surface area contributed by atoms with Crippen molar-refractivity contribution in [3.8, 4) is 0 Å². The number of hydrogen-bond donors (Lipinski definition) is 1. The van der Waals surface area contributed by atoms with E-state index in [1.165, 1.54) is 6.21 Å². The van der Waals surface area contributed by atoms with Crippen molar-refractivity contribution in [2.75, 3.05) is 6.61 Å². The molecular weight excluding hydrogens is 138 g/mol. The van der Waals surface area contributed by atoms with Crippen molar-refractivity contribution >= 4 is 6.21 Å². The molecule has 0 saturated carbocycles. The van der Waals surface area contributed by atoms with Crippen molar-refractivity contribution < 1.29 is 5.11 Å². The first-order chi connectivity index (χ1) is 5.02. The maximum absolute atomic E-state index is 8.50. The third-order valence-electron chi connectivity index (χ3n) is 1.35. The Kier molecular flexibility index (Phi) is 4.04. The minimum absolute atomic E-state index is 0.00736. The van der Waals surface area contributed by atoms with E-state index >= 15 is 0 Å². The highest BCUT2D eigenvalue weighted by Gasteiger charge is 2.14. The molecule has 0 heterocycles. The molecule has 0 amide bonds. The molecule has 0 aliphatic heterocycles. The fourth-order valence-corrected chi connectivity index (χ4v) is 0.840. The van der Waals surface area contributed by atoms with Crippen LogP contribution in [-0.4, -0.2) is 17.9 Å². The van der Waals surface area contributed by atoms with Crippen LogP contribution in [0.5, 0.6) is 0 Å². The monoisotopic (exact) mass is 155 g/mol. The van der Waals surface area contributed by atoms with E-state index in [-0.39, 0.29) is 12.0 Å². The van der Waals surface area contributed by atoms with Gasteiger partial charge in [-0.1, -0.05) is 26.8 Å². The summed E-state index contributed by atoms with van der Waals surface area (Å²) >= 11 is 0. The quantitative estimate of drug-likeness (QED) is 0.608. The summed E-state index contributed by atoms with van der Waals surface area (Å²) in [4.78, 5) is 4.12. The molecule has 0 fully saturated rings. The van der Waals surface area contributed by atoms with Crippen LogP contribution in [0.3, 0.4) is 0 Å². The Morgan fingerprint density at radius 2 is 2.00 bits per heavy atom. The molecule has 2 nitrogen and oxygen atoms in total. The van der Waals surface area contributed by atoms with Gasteiger partial charge >= 0.3 is 0 Å². The molecule has 11 heavy (non-hydrogen) atoms. The first kappa shape index (κ1) is 10.4. The Morgan fingerprint density at radius 3 is 2.27 bits per heavy atom. The number of aliphatic hydroxyl groups is 1. The number of aliphatic imine (C=N–C) groups is 1. The molecule has 0 spiro atoms. The topological polar surface area (TPSA) is 32.6 Å². The standard InChI is InChI=1S/C9H17NO/c1-5-8(9(2,3)4)10-6-7-11/h5-6,11H,7H2,1-4H3/b8-5-,10-6-. The zero-order valence-corrected chi connectivity index (χ0v) is 7.76. The highest BCUT2D eigenvalue weighted by atomic mass is 16.2. The minimum atomic E-state index is 0.00736. The van der Waals surface area contributed by atoms with E-state index in [2.05, 4.69) is 25.8 Å². The zero-order valence-electron chi connectivity index (χ0n) is 7.76. The summed E-state index contributed by atoms with van der Waals surface area (Å²) in [6.45, 7) is 8.24. The van der Waals surface area contributed by atoms with Gasteiger partial charge < -0.3 is 5.11 Å². The molecule has 1 N–H and O–H groups in total. The first-order valence-corrected chi connectivity index (χ1v) is 3.82. The van der Waals surface area contributed by atoms with Crippen LogP contribution >= 0.6 is 0 Å². The average molecular weight is 155 g/mol. The van der Waals surface area contributed by atoms with E-state index in [9.17, 15) is 0 Å². The largest absolute Gasteiger partial charge is 0.391 e. The van der Waals surface area contributed by atoms with Gasteiger partial charge in [-0.15, -0.1) is 0 Å². The maximum Gasteiger partial charge on any atom is 0.0783 e. The van der Waals surface area contributed by atoms with Crippen molar-refractivity contribution in [1.82, 2.24) is 0 Å². The maximum atomic E-state index is 8.50. The van der Waals surface area contributed by atoms with Crippen molar-refractivity contribution in [3.63, 3.8) is 0 Å². The van der Waals surface area contributed by atoms with Gasteiger partial charge in [0.2, 0.25) is 0 Å². The lowest BCUT2D eigenvalue weighted by Gasteiger charge is -2.18. The van der Waals surface area contributed by atoms with Crippen molar-refractivity contribution in [2.45, 2.75) is 27.7 Å². The fourth-order valence-electron chi connectivity index (χ4n) is 0.840. The van der Waals surface area contributed by atoms with Gasteiger partial charge in [0.15, 0.2) is 0 Å². The summed E-state index contributed by atoms with van der Waals surface area (Å²) in [7, 11) is 0. The summed E-state index contributed by atoms with van der Waals surface area (Å²) in [5, 5.41) is 8.50. The molecule has 2 heteroatoms. The molecule has 0 bridgehead atoms. The van der Waals surface area contributed by atoms with E-state index in [1.54, 1.807) is 0 Å². The SMILES string of the molecule is C/C=C(\N=C/CO)C(C)(C)C. The van der Waals surface area contributed by atoms with Crippen LogP contribution in [0.2, 0.25) is 0 Å². The van der Waals surface area contributed by atoms with E-state index in [0.29, 0.717) is 0 Å². The van der Waals surface area contributed by atoms with Crippen LogP contribution < -0.4 is 0 Å². The van der Waals surface area contributed by atoms with Gasteiger partial charge in [-0.3, -0.25) is 4.99 Å². The summed E-state index contributed by atoms with van der Waals surface area (Å²) in [6.07, 6.45) is 3.48. The lowest BCUT2D eigenvalue weighted by Crippen LogP contribution is -2.07. The number of aliphatic hydroxyl groups excluding tert-OH is 1. The van der Waals surface area contributed by atoms with Crippen LogP contribution in [0, 0.1) is 5.41 Å². The second-order valence-corrected chi connectivity index (χ2v) is 3.42. The number of nitrogens with zero attached hydrogens (tertiary/aromatic N) is 1. The van der Waals surface area contributed by atoms with Gasteiger partial charge in [-0.05, 0) is 6.92 Å². The van der Waals surface area contributed by atoms with Gasteiger partial charge in [0, 0.05) is 17.3 Å². The van der Waals surface area contributed by atoms with Crippen LogP contribution in [0.1, 0.15) is 27.7 Å².